The number of halogens is 3. The number of nitrogens with one attached hydrogen (secondary N) is 1. The Kier molecular flexibility index (Phi) is 5.21. The molecule has 28 heavy (non-hydrogen) atoms. The lowest BCUT2D eigenvalue weighted by molar-refractivity contribution is -0.142. The van der Waals surface area contributed by atoms with E-state index in [1.165, 1.54) is 13.1 Å². The summed E-state index contributed by atoms with van der Waals surface area (Å²) in [5.41, 5.74) is 3.23. The van der Waals surface area contributed by atoms with Gasteiger partial charge in [-0.1, -0.05) is 0 Å². The molecule has 0 unspecified atom stereocenters. The normalized spacial score (nSPS) is 11.6. The smallest absolute Gasteiger partial charge is 0.323 e. The van der Waals surface area contributed by atoms with Gasteiger partial charge in [-0.3, -0.25) is 14.5 Å². The summed E-state index contributed by atoms with van der Waals surface area (Å²) < 4.78 is 40.5. The summed E-state index contributed by atoms with van der Waals surface area (Å²) in [7, 11) is 0. The molecule has 3 heterocycles. The third-order valence-electron chi connectivity index (χ3n) is 4.23. The zero-order chi connectivity index (χ0) is 20.5. The summed E-state index contributed by atoms with van der Waals surface area (Å²) in [5.74, 6) is -0.379. The van der Waals surface area contributed by atoms with Gasteiger partial charge in [0.15, 0.2) is 0 Å². The summed E-state index contributed by atoms with van der Waals surface area (Å²) in [5, 5.41) is 10.9. The molecule has 0 radical (unpaired) electrons. The predicted octanol–water partition coefficient (Wildman–Crippen LogP) is 3.13. The van der Waals surface area contributed by atoms with Gasteiger partial charge in [-0.15, -0.1) is 0 Å². The maximum atomic E-state index is 12.7. The SMILES string of the molecule is Cc1cnn(-c2ccncc2NC(=O)Cc2c(C)nn(CC(F)(F)F)c2C)c1. The predicted molar refractivity (Wildman–Crippen MR) is 96.2 cm³/mol. The maximum Gasteiger partial charge on any atom is 0.408 e. The molecular formula is C18H19F3N6O. The molecule has 0 aliphatic carbocycles. The minimum atomic E-state index is -4.38. The van der Waals surface area contributed by atoms with E-state index < -0.39 is 12.7 Å². The molecule has 3 aromatic heterocycles. The van der Waals surface area contributed by atoms with Crippen molar-refractivity contribution in [3.63, 3.8) is 0 Å². The lowest BCUT2D eigenvalue weighted by atomic mass is 10.1. The average Bonchev–Trinajstić information content (AvgIpc) is 3.13. The third kappa shape index (κ3) is 4.38. The Morgan fingerprint density at radius 2 is 1.96 bits per heavy atom. The fourth-order valence-corrected chi connectivity index (χ4v) is 2.90. The van der Waals surface area contributed by atoms with Crippen LogP contribution in [0.15, 0.2) is 30.9 Å². The van der Waals surface area contributed by atoms with Gasteiger partial charge in [-0.2, -0.15) is 23.4 Å². The molecular weight excluding hydrogens is 373 g/mol. The molecule has 148 valence electrons. The summed E-state index contributed by atoms with van der Waals surface area (Å²) in [4.78, 5) is 16.6. The topological polar surface area (TPSA) is 77.6 Å². The Hall–Kier alpha value is -3.17. The van der Waals surface area contributed by atoms with E-state index in [4.69, 9.17) is 0 Å². The number of alkyl halides is 3. The van der Waals surface area contributed by atoms with E-state index in [-0.39, 0.29) is 12.3 Å². The first-order valence-corrected chi connectivity index (χ1v) is 8.49. The second-order valence-corrected chi connectivity index (χ2v) is 6.50. The van der Waals surface area contributed by atoms with Gasteiger partial charge in [0, 0.05) is 23.7 Å². The number of amides is 1. The number of rotatable bonds is 5. The first-order chi connectivity index (χ1) is 13.1. The highest BCUT2D eigenvalue weighted by molar-refractivity contribution is 5.94. The summed E-state index contributed by atoms with van der Waals surface area (Å²) in [6.45, 7) is 3.82. The van der Waals surface area contributed by atoms with Crippen molar-refractivity contribution in [2.45, 2.75) is 39.9 Å². The Morgan fingerprint density at radius 3 is 2.61 bits per heavy atom. The number of hydrogen-bond donors (Lipinski definition) is 1. The van der Waals surface area contributed by atoms with E-state index in [2.05, 4.69) is 20.5 Å². The van der Waals surface area contributed by atoms with Crippen LogP contribution in [0, 0.1) is 20.8 Å². The zero-order valence-electron chi connectivity index (χ0n) is 15.6. The van der Waals surface area contributed by atoms with Gasteiger partial charge >= 0.3 is 6.18 Å². The van der Waals surface area contributed by atoms with Crippen molar-refractivity contribution in [1.29, 1.82) is 0 Å². The monoisotopic (exact) mass is 392 g/mol. The zero-order valence-corrected chi connectivity index (χ0v) is 15.6. The van der Waals surface area contributed by atoms with Crippen molar-refractivity contribution in [1.82, 2.24) is 24.5 Å². The maximum absolute atomic E-state index is 12.7. The molecule has 7 nitrogen and oxygen atoms in total. The molecule has 0 spiro atoms. The largest absolute Gasteiger partial charge is 0.408 e. The van der Waals surface area contributed by atoms with Crippen LogP contribution in [0.25, 0.3) is 5.69 Å². The minimum absolute atomic E-state index is 0.0952. The molecule has 1 N–H and O–H groups in total. The van der Waals surface area contributed by atoms with Crippen LogP contribution >= 0.6 is 0 Å². The van der Waals surface area contributed by atoms with Crippen molar-refractivity contribution in [2.24, 2.45) is 0 Å². The molecule has 0 aliphatic heterocycles. The fourth-order valence-electron chi connectivity index (χ4n) is 2.90. The van der Waals surface area contributed by atoms with Gasteiger partial charge in [-0.05, 0) is 32.4 Å². The van der Waals surface area contributed by atoms with Gasteiger partial charge in [0.25, 0.3) is 0 Å². The standard InChI is InChI=1S/C18H19F3N6O/c1-11-7-23-26(9-11)16-4-5-22-8-15(16)24-17(28)6-14-12(2)25-27(13(14)3)10-18(19,20)21/h4-5,7-9H,6,10H2,1-3H3,(H,24,28). The Labute approximate surface area is 159 Å². The second kappa shape index (κ2) is 7.45. The van der Waals surface area contributed by atoms with Crippen LogP contribution in [0.5, 0.6) is 0 Å². The number of aryl methyl sites for hydroxylation is 2. The molecule has 0 saturated heterocycles. The molecule has 3 rings (SSSR count). The highest BCUT2D eigenvalue weighted by Gasteiger charge is 2.30. The van der Waals surface area contributed by atoms with Crippen LogP contribution in [0.4, 0.5) is 18.9 Å². The molecule has 0 fully saturated rings. The van der Waals surface area contributed by atoms with E-state index in [1.807, 2.05) is 6.92 Å². The van der Waals surface area contributed by atoms with Crippen molar-refractivity contribution < 1.29 is 18.0 Å². The van der Waals surface area contributed by atoms with Crippen LogP contribution in [0.2, 0.25) is 0 Å². The fraction of sp³-hybridized carbons (Fsp3) is 0.333. The number of carbonyl (C=O) groups excluding carboxylic acids is 1. The summed E-state index contributed by atoms with van der Waals surface area (Å²) in [6, 6.07) is 1.71. The van der Waals surface area contributed by atoms with Crippen LogP contribution in [0.1, 0.15) is 22.5 Å². The van der Waals surface area contributed by atoms with Gasteiger partial charge in [0.2, 0.25) is 5.91 Å². The van der Waals surface area contributed by atoms with Gasteiger partial charge < -0.3 is 5.32 Å². The van der Waals surface area contributed by atoms with E-state index in [0.29, 0.717) is 28.3 Å². The van der Waals surface area contributed by atoms with Crippen molar-refractivity contribution in [2.75, 3.05) is 5.32 Å². The highest BCUT2D eigenvalue weighted by Crippen LogP contribution is 2.23. The van der Waals surface area contributed by atoms with E-state index >= 15 is 0 Å². The van der Waals surface area contributed by atoms with Crippen molar-refractivity contribution in [3.05, 3.63) is 53.4 Å². The lowest BCUT2D eigenvalue weighted by Gasteiger charge is -2.11. The van der Waals surface area contributed by atoms with Crippen LogP contribution in [0.3, 0.4) is 0 Å². The number of pyridine rings is 1. The summed E-state index contributed by atoms with van der Waals surface area (Å²) in [6.07, 6.45) is 2.10. The summed E-state index contributed by atoms with van der Waals surface area (Å²) >= 11 is 0. The molecule has 0 atom stereocenters. The van der Waals surface area contributed by atoms with Gasteiger partial charge in [-0.25, -0.2) is 4.68 Å². The number of carbonyl (C=O) groups is 1. The molecule has 0 aliphatic rings. The number of aromatic nitrogens is 5. The number of hydrogen-bond acceptors (Lipinski definition) is 4. The minimum Gasteiger partial charge on any atom is -0.323 e. The highest BCUT2D eigenvalue weighted by atomic mass is 19.4. The van der Waals surface area contributed by atoms with Crippen molar-refractivity contribution >= 4 is 11.6 Å². The van der Waals surface area contributed by atoms with Crippen LogP contribution in [-0.4, -0.2) is 36.6 Å². The Balaban J connectivity index is 1.79. The van der Waals surface area contributed by atoms with Crippen molar-refractivity contribution in [3.8, 4) is 5.69 Å². The van der Waals surface area contributed by atoms with E-state index in [9.17, 15) is 18.0 Å². The second-order valence-electron chi connectivity index (χ2n) is 6.50. The molecule has 3 aromatic rings. The number of nitrogens with zero attached hydrogens (tertiary/aromatic N) is 5. The van der Waals surface area contributed by atoms with Crippen LogP contribution < -0.4 is 5.32 Å². The molecule has 0 bridgehead atoms. The van der Waals surface area contributed by atoms with Gasteiger partial charge in [0.1, 0.15) is 6.54 Å². The van der Waals surface area contributed by atoms with E-state index in [1.54, 1.807) is 36.3 Å². The first-order valence-electron chi connectivity index (χ1n) is 8.49. The van der Waals surface area contributed by atoms with Gasteiger partial charge in [0.05, 0.1) is 35.9 Å². The Morgan fingerprint density at radius 1 is 1.21 bits per heavy atom. The van der Waals surface area contributed by atoms with Crippen LogP contribution in [-0.2, 0) is 17.8 Å². The third-order valence-corrected chi connectivity index (χ3v) is 4.23. The van der Waals surface area contributed by atoms with E-state index in [0.717, 1.165) is 10.2 Å². The lowest BCUT2D eigenvalue weighted by Crippen LogP contribution is -2.20. The average molecular weight is 392 g/mol. The molecule has 0 saturated carbocycles. The molecule has 10 heteroatoms. The quantitative estimate of drug-likeness (QED) is 0.724. The number of anilines is 1. The Bertz CT molecular complexity index is 1010. The first kappa shape index (κ1) is 19.6. The molecule has 0 aromatic carbocycles. The molecule has 1 amide bonds.